The fraction of sp³-hybridized carbons (Fsp3) is 0.625. The van der Waals surface area contributed by atoms with Gasteiger partial charge in [0.25, 0.3) is 0 Å². The Morgan fingerprint density at radius 1 is 1.00 bits per heavy atom. The standard InChI is InChI=1S/C16H22O/c17-14-10-13-8-4-5-9-15(13)16(11-14)12-6-2-1-3-7-12/h4-5,8-9,12,14,16-17H,1-3,6-7,10-11H2. The van der Waals surface area contributed by atoms with Crippen molar-refractivity contribution in [1.29, 1.82) is 0 Å². The molecular formula is C16H22O. The van der Waals surface area contributed by atoms with Gasteiger partial charge in [-0.1, -0.05) is 43.5 Å². The Bertz CT molecular complexity index is 379. The lowest BCUT2D eigenvalue weighted by Gasteiger charge is -2.36. The van der Waals surface area contributed by atoms with Crippen molar-refractivity contribution in [3.63, 3.8) is 0 Å². The fourth-order valence-corrected chi connectivity index (χ4v) is 3.82. The largest absolute Gasteiger partial charge is 0.393 e. The third-order valence-corrected chi connectivity index (χ3v) is 4.65. The van der Waals surface area contributed by atoms with Crippen LogP contribution in [0.2, 0.25) is 0 Å². The minimum absolute atomic E-state index is 0.114. The Hall–Kier alpha value is -0.820. The smallest absolute Gasteiger partial charge is 0.0586 e. The second-order valence-electron chi connectivity index (χ2n) is 5.80. The average Bonchev–Trinajstić information content (AvgIpc) is 2.39. The van der Waals surface area contributed by atoms with Crippen molar-refractivity contribution in [2.75, 3.05) is 0 Å². The van der Waals surface area contributed by atoms with E-state index in [1.165, 1.54) is 43.2 Å². The molecule has 1 heteroatoms. The Labute approximate surface area is 104 Å². The molecule has 0 amide bonds. The van der Waals surface area contributed by atoms with E-state index in [-0.39, 0.29) is 6.10 Å². The van der Waals surface area contributed by atoms with Crippen molar-refractivity contribution in [2.45, 2.75) is 57.0 Å². The zero-order valence-corrected chi connectivity index (χ0v) is 10.4. The maximum atomic E-state index is 10.1. The summed E-state index contributed by atoms with van der Waals surface area (Å²) in [5, 5.41) is 10.1. The zero-order valence-electron chi connectivity index (χ0n) is 10.4. The highest BCUT2D eigenvalue weighted by Gasteiger charge is 2.31. The molecule has 1 saturated carbocycles. The first-order chi connectivity index (χ1) is 8.34. The van der Waals surface area contributed by atoms with E-state index in [9.17, 15) is 5.11 Å². The van der Waals surface area contributed by atoms with E-state index in [0.717, 1.165) is 18.8 Å². The highest BCUT2D eigenvalue weighted by atomic mass is 16.3. The van der Waals surface area contributed by atoms with Crippen LogP contribution in [0.25, 0.3) is 0 Å². The predicted molar refractivity (Wildman–Crippen MR) is 70.1 cm³/mol. The highest BCUT2D eigenvalue weighted by molar-refractivity contribution is 5.34. The first-order valence-electron chi connectivity index (χ1n) is 7.10. The van der Waals surface area contributed by atoms with Crippen LogP contribution < -0.4 is 0 Å². The Morgan fingerprint density at radius 3 is 2.59 bits per heavy atom. The number of hydrogen-bond acceptors (Lipinski definition) is 1. The van der Waals surface area contributed by atoms with Crippen LogP contribution in [0.3, 0.4) is 0 Å². The Balaban J connectivity index is 1.88. The second kappa shape index (κ2) is 4.81. The molecule has 2 unspecified atom stereocenters. The Kier molecular flexibility index (Phi) is 3.19. The molecule has 3 rings (SSSR count). The van der Waals surface area contributed by atoms with E-state index >= 15 is 0 Å². The van der Waals surface area contributed by atoms with Crippen molar-refractivity contribution in [2.24, 2.45) is 5.92 Å². The molecule has 17 heavy (non-hydrogen) atoms. The molecule has 1 N–H and O–H groups in total. The highest BCUT2D eigenvalue weighted by Crippen LogP contribution is 2.42. The van der Waals surface area contributed by atoms with E-state index in [2.05, 4.69) is 24.3 Å². The summed E-state index contributed by atoms with van der Waals surface area (Å²) in [6, 6.07) is 8.76. The van der Waals surface area contributed by atoms with Crippen LogP contribution in [-0.2, 0) is 6.42 Å². The fourth-order valence-electron chi connectivity index (χ4n) is 3.82. The van der Waals surface area contributed by atoms with Gasteiger partial charge in [0.2, 0.25) is 0 Å². The zero-order chi connectivity index (χ0) is 11.7. The molecule has 0 radical (unpaired) electrons. The van der Waals surface area contributed by atoms with Crippen molar-refractivity contribution in [3.8, 4) is 0 Å². The number of benzene rings is 1. The summed E-state index contributed by atoms with van der Waals surface area (Å²) in [4.78, 5) is 0. The lowest BCUT2D eigenvalue weighted by Crippen LogP contribution is -2.28. The normalized spacial score (nSPS) is 29.9. The van der Waals surface area contributed by atoms with Crippen molar-refractivity contribution in [3.05, 3.63) is 35.4 Å². The lowest BCUT2D eigenvalue weighted by molar-refractivity contribution is 0.126. The quantitative estimate of drug-likeness (QED) is 0.780. The summed E-state index contributed by atoms with van der Waals surface area (Å²) in [5.74, 6) is 1.44. The molecule has 0 aliphatic heterocycles. The summed E-state index contributed by atoms with van der Waals surface area (Å²) in [6.07, 6.45) is 8.65. The van der Waals surface area contributed by atoms with Gasteiger partial charge in [-0.05, 0) is 48.6 Å². The minimum atomic E-state index is -0.114. The van der Waals surface area contributed by atoms with Crippen molar-refractivity contribution in [1.82, 2.24) is 0 Å². The average molecular weight is 230 g/mol. The van der Waals surface area contributed by atoms with Gasteiger partial charge in [0.1, 0.15) is 0 Å². The van der Waals surface area contributed by atoms with Crippen LogP contribution in [0.15, 0.2) is 24.3 Å². The predicted octanol–water partition coefficient (Wildman–Crippen LogP) is 3.66. The monoisotopic (exact) mass is 230 g/mol. The molecule has 1 aromatic carbocycles. The van der Waals surface area contributed by atoms with Crippen LogP contribution in [0.4, 0.5) is 0 Å². The van der Waals surface area contributed by atoms with Crippen LogP contribution >= 0.6 is 0 Å². The van der Waals surface area contributed by atoms with Gasteiger partial charge in [-0.25, -0.2) is 0 Å². The molecule has 1 fully saturated rings. The first-order valence-corrected chi connectivity index (χ1v) is 7.10. The van der Waals surface area contributed by atoms with E-state index in [1.54, 1.807) is 0 Å². The Morgan fingerprint density at radius 2 is 1.76 bits per heavy atom. The van der Waals surface area contributed by atoms with Gasteiger partial charge in [0, 0.05) is 0 Å². The molecule has 0 spiro atoms. The molecule has 2 aliphatic rings. The van der Waals surface area contributed by atoms with Crippen LogP contribution in [0.5, 0.6) is 0 Å². The summed E-state index contributed by atoms with van der Waals surface area (Å²) >= 11 is 0. The SMILES string of the molecule is OC1Cc2ccccc2C(C2CCCCC2)C1. The summed E-state index contributed by atoms with van der Waals surface area (Å²) in [5.41, 5.74) is 2.92. The molecule has 0 saturated heterocycles. The van der Waals surface area contributed by atoms with E-state index in [0.29, 0.717) is 5.92 Å². The molecule has 2 aliphatic carbocycles. The molecule has 0 aromatic heterocycles. The van der Waals surface area contributed by atoms with Gasteiger partial charge in [0.15, 0.2) is 0 Å². The van der Waals surface area contributed by atoms with Crippen molar-refractivity contribution < 1.29 is 5.11 Å². The molecule has 1 nitrogen and oxygen atoms in total. The topological polar surface area (TPSA) is 20.2 Å². The van der Waals surface area contributed by atoms with Crippen molar-refractivity contribution >= 4 is 0 Å². The molecular weight excluding hydrogens is 208 g/mol. The van der Waals surface area contributed by atoms with E-state index < -0.39 is 0 Å². The van der Waals surface area contributed by atoms with Crippen LogP contribution in [0, 0.1) is 5.92 Å². The van der Waals surface area contributed by atoms with Gasteiger partial charge in [-0.15, -0.1) is 0 Å². The minimum Gasteiger partial charge on any atom is -0.393 e. The summed E-state index contributed by atoms with van der Waals surface area (Å²) < 4.78 is 0. The molecule has 92 valence electrons. The van der Waals surface area contributed by atoms with Gasteiger partial charge in [-0.3, -0.25) is 0 Å². The third kappa shape index (κ3) is 2.26. The third-order valence-electron chi connectivity index (χ3n) is 4.65. The maximum absolute atomic E-state index is 10.1. The van der Waals surface area contributed by atoms with Gasteiger partial charge < -0.3 is 5.11 Å². The van der Waals surface area contributed by atoms with Crippen LogP contribution in [-0.4, -0.2) is 11.2 Å². The molecule has 0 heterocycles. The summed E-state index contributed by atoms with van der Waals surface area (Å²) in [7, 11) is 0. The van der Waals surface area contributed by atoms with Gasteiger partial charge >= 0.3 is 0 Å². The molecule has 1 aromatic rings. The van der Waals surface area contributed by atoms with E-state index in [1.807, 2.05) is 0 Å². The molecule has 2 atom stereocenters. The number of aliphatic hydroxyl groups is 1. The number of hydrogen-bond donors (Lipinski definition) is 1. The number of fused-ring (bicyclic) bond motifs is 1. The van der Waals surface area contributed by atoms with Gasteiger partial charge in [-0.2, -0.15) is 0 Å². The second-order valence-corrected chi connectivity index (χ2v) is 5.80. The van der Waals surface area contributed by atoms with E-state index in [4.69, 9.17) is 0 Å². The lowest BCUT2D eigenvalue weighted by atomic mass is 9.70. The van der Waals surface area contributed by atoms with Gasteiger partial charge in [0.05, 0.1) is 6.10 Å². The summed E-state index contributed by atoms with van der Waals surface area (Å²) in [6.45, 7) is 0. The number of rotatable bonds is 1. The maximum Gasteiger partial charge on any atom is 0.0586 e. The molecule has 0 bridgehead atoms. The first kappa shape index (κ1) is 11.3. The van der Waals surface area contributed by atoms with Crippen LogP contribution in [0.1, 0.15) is 55.6 Å². The number of aliphatic hydroxyl groups excluding tert-OH is 1.